The number of amides is 1. The zero-order valence-corrected chi connectivity index (χ0v) is 9.62. The number of aromatic nitrogens is 1. The Kier molecular flexibility index (Phi) is 4.59. The highest BCUT2D eigenvalue weighted by molar-refractivity contribution is 9.10. The Hall–Kier alpha value is -0.900. The van der Waals surface area contributed by atoms with Crippen LogP contribution in [0.25, 0.3) is 0 Å². The molecule has 1 atom stereocenters. The van der Waals surface area contributed by atoms with E-state index in [0.717, 1.165) is 12.1 Å². The van der Waals surface area contributed by atoms with Crippen LogP contribution in [0.1, 0.15) is 12.6 Å². The van der Waals surface area contributed by atoms with Gasteiger partial charge in [-0.25, -0.2) is 0 Å². The summed E-state index contributed by atoms with van der Waals surface area (Å²) in [5.41, 5.74) is 0.995. The molecular formula is C10H13BrN2O. The monoisotopic (exact) mass is 256 g/mol. The minimum Gasteiger partial charge on any atom is -0.355 e. The van der Waals surface area contributed by atoms with Crippen LogP contribution in [0.2, 0.25) is 0 Å². The van der Waals surface area contributed by atoms with Crippen molar-refractivity contribution in [3.8, 4) is 0 Å². The second-order valence-corrected chi connectivity index (χ2v) is 4.35. The molecule has 0 aliphatic heterocycles. The Bertz CT molecular complexity index is 287. The lowest BCUT2D eigenvalue weighted by Crippen LogP contribution is -2.31. The summed E-state index contributed by atoms with van der Waals surface area (Å²) in [4.78, 5) is 15.2. The van der Waals surface area contributed by atoms with Crippen molar-refractivity contribution >= 4 is 21.8 Å². The van der Waals surface area contributed by atoms with Gasteiger partial charge in [0.2, 0.25) is 5.91 Å². The second kappa shape index (κ2) is 5.75. The molecule has 1 rings (SSSR count). The summed E-state index contributed by atoms with van der Waals surface area (Å²) in [5.74, 6) is 0.0148. The van der Waals surface area contributed by atoms with Gasteiger partial charge in [0.15, 0.2) is 0 Å². The third-order valence-electron chi connectivity index (χ3n) is 1.77. The van der Waals surface area contributed by atoms with Crippen LogP contribution in [0, 0.1) is 0 Å². The number of rotatable bonds is 4. The van der Waals surface area contributed by atoms with Crippen LogP contribution in [0.4, 0.5) is 0 Å². The van der Waals surface area contributed by atoms with Gasteiger partial charge in [-0.1, -0.05) is 22.0 Å². The highest BCUT2D eigenvalue weighted by Crippen LogP contribution is 1.97. The van der Waals surface area contributed by atoms with Crippen LogP contribution < -0.4 is 5.32 Å². The molecule has 0 spiro atoms. The largest absolute Gasteiger partial charge is 0.355 e. The van der Waals surface area contributed by atoms with Gasteiger partial charge in [0.25, 0.3) is 0 Å². The van der Waals surface area contributed by atoms with E-state index in [1.165, 1.54) is 0 Å². The second-order valence-electron chi connectivity index (χ2n) is 2.98. The summed E-state index contributed by atoms with van der Waals surface area (Å²) in [5, 5.41) is 2.80. The number of halogens is 1. The van der Waals surface area contributed by atoms with Gasteiger partial charge in [-0.3, -0.25) is 9.78 Å². The quantitative estimate of drug-likeness (QED) is 0.831. The van der Waals surface area contributed by atoms with Crippen LogP contribution in [-0.2, 0) is 11.2 Å². The van der Waals surface area contributed by atoms with E-state index in [1.807, 2.05) is 18.2 Å². The van der Waals surface area contributed by atoms with E-state index in [4.69, 9.17) is 0 Å². The normalized spacial score (nSPS) is 12.1. The zero-order valence-electron chi connectivity index (χ0n) is 8.03. The smallest absolute Gasteiger partial charge is 0.233 e. The first-order valence-corrected chi connectivity index (χ1v) is 5.43. The molecule has 0 aromatic carbocycles. The molecule has 0 aliphatic rings. The molecule has 1 aromatic heterocycles. The molecule has 4 heteroatoms. The lowest BCUT2D eigenvalue weighted by atomic mass is 10.2. The van der Waals surface area contributed by atoms with Crippen molar-refractivity contribution in [2.24, 2.45) is 0 Å². The maximum absolute atomic E-state index is 11.2. The molecule has 1 unspecified atom stereocenters. The molecule has 0 radical (unpaired) electrons. The van der Waals surface area contributed by atoms with Gasteiger partial charge >= 0.3 is 0 Å². The number of hydrogen-bond donors (Lipinski definition) is 1. The van der Waals surface area contributed by atoms with Crippen LogP contribution in [-0.4, -0.2) is 22.3 Å². The van der Waals surface area contributed by atoms with Crippen molar-refractivity contribution in [2.45, 2.75) is 18.2 Å². The van der Waals surface area contributed by atoms with Crippen molar-refractivity contribution in [1.82, 2.24) is 10.3 Å². The molecule has 76 valence electrons. The van der Waals surface area contributed by atoms with Gasteiger partial charge in [-0.05, 0) is 19.1 Å². The standard InChI is InChI=1S/C10H13BrN2O/c1-8(11)10(14)13-7-5-9-4-2-3-6-12-9/h2-4,6,8H,5,7H2,1H3,(H,13,14). The predicted molar refractivity (Wildman–Crippen MR) is 59.3 cm³/mol. The summed E-state index contributed by atoms with van der Waals surface area (Å²) < 4.78 is 0. The molecule has 1 amide bonds. The third kappa shape index (κ3) is 3.87. The number of hydrogen-bond acceptors (Lipinski definition) is 2. The Morgan fingerprint density at radius 2 is 2.43 bits per heavy atom. The number of nitrogens with one attached hydrogen (secondary N) is 1. The summed E-state index contributed by atoms with van der Waals surface area (Å²) in [6.45, 7) is 2.43. The number of nitrogens with zero attached hydrogens (tertiary/aromatic N) is 1. The lowest BCUT2D eigenvalue weighted by Gasteiger charge is -2.05. The summed E-state index contributed by atoms with van der Waals surface area (Å²) in [7, 11) is 0. The minimum atomic E-state index is -0.133. The maximum Gasteiger partial charge on any atom is 0.233 e. The van der Waals surface area contributed by atoms with Crippen molar-refractivity contribution < 1.29 is 4.79 Å². The molecule has 3 nitrogen and oxygen atoms in total. The number of pyridine rings is 1. The molecular weight excluding hydrogens is 244 g/mol. The fourth-order valence-electron chi connectivity index (χ4n) is 1.00. The molecule has 0 saturated heterocycles. The average molecular weight is 257 g/mol. The van der Waals surface area contributed by atoms with Gasteiger partial charge in [-0.2, -0.15) is 0 Å². The first-order chi connectivity index (χ1) is 6.70. The highest BCUT2D eigenvalue weighted by atomic mass is 79.9. The SMILES string of the molecule is CC(Br)C(=O)NCCc1ccccn1. The summed E-state index contributed by atoms with van der Waals surface area (Å²) >= 11 is 3.20. The molecule has 0 saturated carbocycles. The van der Waals surface area contributed by atoms with Gasteiger partial charge in [-0.15, -0.1) is 0 Å². The summed E-state index contributed by atoms with van der Waals surface area (Å²) in [6, 6.07) is 5.77. The molecule has 14 heavy (non-hydrogen) atoms. The molecule has 1 heterocycles. The van der Waals surface area contributed by atoms with E-state index in [1.54, 1.807) is 13.1 Å². The minimum absolute atomic E-state index is 0.0148. The Balaban J connectivity index is 2.26. The van der Waals surface area contributed by atoms with E-state index < -0.39 is 0 Å². The summed E-state index contributed by atoms with van der Waals surface area (Å²) in [6.07, 6.45) is 2.52. The van der Waals surface area contributed by atoms with Crippen LogP contribution >= 0.6 is 15.9 Å². The topological polar surface area (TPSA) is 42.0 Å². The Labute approximate surface area is 92.1 Å². The molecule has 0 aliphatic carbocycles. The fourth-order valence-corrected chi connectivity index (χ4v) is 1.16. The van der Waals surface area contributed by atoms with Crippen molar-refractivity contribution in [1.29, 1.82) is 0 Å². The predicted octanol–water partition coefficient (Wildman–Crippen LogP) is 1.52. The maximum atomic E-state index is 11.2. The van der Waals surface area contributed by atoms with E-state index in [2.05, 4.69) is 26.2 Å². The van der Waals surface area contributed by atoms with Crippen LogP contribution in [0.15, 0.2) is 24.4 Å². The molecule has 0 bridgehead atoms. The van der Waals surface area contributed by atoms with Gasteiger partial charge < -0.3 is 5.32 Å². The number of carbonyl (C=O) groups excluding carboxylic acids is 1. The van der Waals surface area contributed by atoms with E-state index >= 15 is 0 Å². The van der Waals surface area contributed by atoms with Crippen molar-refractivity contribution in [3.63, 3.8) is 0 Å². The van der Waals surface area contributed by atoms with Gasteiger partial charge in [0, 0.05) is 24.9 Å². The van der Waals surface area contributed by atoms with Crippen LogP contribution in [0.5, 0.6) is 0 Å². The van der Waals surface area contributed by atoms with Crippen molar-refractivity contribution in [2.75, 3.05) is 6.54 Å². The first kappa shape index (κ1) is 11.2. The number of alkyl halides is 1. The van der Waals surface area contributed by atoms with Crippen molar-refractivity contribution in [3.05, 3.63) is 30.1 Å². The third-order valence-corrected chi connectivity index (χ3v) is 2.18. The van der Waals surface area contributed by atoms with Crippen LogP contribution in [0.3, 0.4) is 0 Å². The fraction of sp³-hybridized carbons (Fsp3) is 0.400. The lowest BCUT2D eigenvalue weighted by molar-refractivity contribution is -0.120. The highest BCUT2D eigenvalue weighted by Gasteiger charge is 2.06. The number of carbonyl (C=O) groups is 1. The van der Waals surface area contributed by atoms with E-state index in [9.17, 15) is 4.79 Å². The Morgan fingerprint density at radius 1 is 1.64 bits per heavy atom. The van der Waals surface area contributed by atoms with E-state index in [-0.39, 0.29) is 10.7 Å². The van der Waals surface area contributed by atoms with Gasteiger partial charge in [0.05, 0.1) is 4.83 Å². The zero-order chi connectivity index (χ0) is 10.4. The Morgan fingerprint density at radius 3 is 3.00 bits per heavy atom. The molecule has 1 N–H and O–H groups in total. The first-order valence-electron chi connectivity index (χ1n) is 4.52. The van der Waals surface area contributed by atoms with E-state index in [0.29, 0.717) is 6.54 Å². The average Bonchev–Trinajstić information content (AvgIpc) is 2.19. The van der Waals surface area contributed by atoms with Gasteiger partial charge in [0.1, 0.15) is 0 Å². The molecule has 1 aromatic rings. The molecule has 0 fully saturated rings.